The van der Waals surface area contributed by atoms with Gasteiger partial charge in [0, 0.05) is 41.0 Å². The Labute approximate surface area is 259 Å². The lowest BCUT2D eigenvalue weighted by Gasteiger charge is -2.29. The van der Waals surface area contributed by atoms with Gasteiger partial charge in [0.25, 0.3) is 11.8 Å². The largest absolute Gasteiger partial charge is 0.496 e. The number of morpholine rings is 1. The molecule has 1 fully saturated rings. The molecule has 2 aliphatic heterocycles. The molecule has 4 aromatic rings. The molecule has 3 heterocycles. The first-order valence-corrected chi connectivity index (χ1v) is 14.8. The van der Waals surface area contributed by atoms with Crippen molar-refractivity contribution in [3.05, 3.63) is 105 Å². The van der Waals surface area contributed by atoms with Crippen molar-refractivity contribution < 1.29 is 23.5 Å². The van der Waals surface area contributed by atoms with Crippen molar-refractivity contribution in [2.45, 2.75) is 25.9 Å². The van der Waals surface area contributed by atoms with Crippen molar-refractivity contribution in [3.63, 3.8) is 0 Å². The van der Waals surface area contributed by atoms with Gasteiger partial charge in [0.05, 0.1) is 42.3 Å². The number of carbonyl (C=O) groups is 2. The molecule has 6 rings (SSSR count). The summed E-state index contributed by atoms with van der Waals surface area (Å²) < 4.78 is 27.4. The van der Waals surface area contributed by atoms with E-state index in [2.05, 4.69) is 4.57 Å². The Morgan fingerprint density at radius 3 is 2.35 bits per heavy atom. The van der Waals surface area contributed by atoms with Crippen LogP contribution in [0.1, 0.15) is 57.9 Å². The predicted molar refractivity (Wildman–Crippen MR) is 165 cm³/mol. The first-order valence-electron chi connectivity index (χ1n) is 14.0. The lowest BCUT2D eigenvalue weighted by Crippen LogP contribution is -2.40. The Balaban J connectivity index is 1.54. The van der Waals surface area contributed by atoms with Gasteiger partial charge in [0.2, 0.25) is 0 Å². The zero-order valence-corrected chi connectivity index (χ0v) is 25.5. The van der Waals surface area contributed by atoms with Gasteiger partial charge in [0.15, 0.2) is 0 Å². The molecule has 0 aliphatic carbocycles. The fraction of sp³-hybridized carbons (Fsp3) is 0.273. The second-order valence-electron chi connectivity index (χ2n) is 10.8. The molecule has 1 unspecified atom stereocenters. The van der Waals surface area contributed by atoms with Crippen molar-refractivity contribution in [1.82, 2.24) is 9.47 Å². The summed E-state index contributed by atoms with van der Waals surface area (Å²) in [6, 6.07) is 18.2. The first kappa shape index (κ1) is 29.2. The zero-order valence-electron chi connectivity index (χ0n) is 23.9. The monoisotopic (exact) mass is 621 g/mol. The summed E-state index contributed by atoms with van der Waals surface area (Å²) in [5, 5.41) is 0.492. The number of rotatable bonds is 6. The van der Waals surface area contributed by atoms with Crippen LogP contribution in [0.2, 0.25) is 10.0 Å². The summed E-state index contributed by atoms with van der Waals surface area (Å²) in [5.74, 6) is -0.325. The maximum absolute atomic E-state index is 14.2. The smallest absolute Gasteiger partial charge is 0.261 e. The van der Waals surface area contributed by atoms with Crippen LogP contribution in [-0.2, 0) is 4.74 Å². The standard InChI is InChI=1S/C33H30Cl2FN3O4/c1-19(2)38-28(24-16-21(6-11-29(24)42-3)32(40)37-12-14-43-15-13-37)18-25-31(38)30(20-4-7-22(34)8-5-20)39(33(25)41)23-9-10-27(36)26(35)17-23/h4-11,16-19,30H,12-15H2,1-3H3. The predicted octanol–water partition coefficient (Wildman–Crippen LogP) is 7.41. The van der Waals surface area contributed by atoms with E-state index in [-0.39, 0.29) is 22.9 Å². The van der Waals surface area contributed by atoms with Crippen LogP contribution in [0.5, 0.6) is 5.75 Å². The third-order valence-corrected chi connectivity index (χ3v) is 8.49. The highest BCUT2D eigenvalue weighted by atomic mass is 35.5. The number of carbonyl (C=O) groups excluding carboxylic acids is 2. The molecule has 1 aromatic heterocycles. The number of hydrogen-bond donors (Lipinski definition) is 0. The number of benzene rings is 3. The van der Waals surface area contributed by atoms with Crippen molar-refractivity contribution in [1.29, 1.82) is 0 Å². The highest BCUT2D eigenvalue weighted by Gasteiger charge is 2.43. The lowest BCUT2D eigenvalue weighted by atomic mass is 10.0. The van der Waals surface area contributed by atoms with E-state index in [0.717, 1.165) is 17.0 Å². The fourth-order valence-electron chi connectivity index (χ4n) is 5.97. The summed E-state index contributed by atoms with van der Waals surface area (Å²) in [4.78, 5) is 31.1. The minimum Gasteiger partial charge on any atom is -0.496 e. The number of nitrogens with zero attached hydrogens (tertiary/aromatic N) is 3. The number of fused-ring (bicyclic) bond motifs is 1. The van der Waals surface area contributed by atoms with Gasteiger partial charge in [-0.25, -0.2) is 4.39 Å². The van der Waals surface area contributed by atoms with E-state index in [4.69, 9.17) is 32.7 Å². The van der Waals surface area contributed by atoms with E-state index in [0.29, 0.717) is 59.5 Å². The topological polar surface area (TPSA) is 64.0 Å². The minimum absolute atomic E-state index is 0.0735. The van der Waals surface area contributed by atoms with Crippen LogP contribution < -0.4 is 9.64 Å². The van der Waals surface area contributed by atoms with Gasteiger partial charge < -0.3 is 18.9 Å². The van der Waals surface area contributed by atoms with Crippen molar-refractivity contribution >= 4 is 40.7 Å². The third-order valence-electron chi connectivity index (χ3n) is 7.95. The molecular weight excluding hydrogens is 592 g/mol. The summed E-state index contributed by atoms with van der Waals surface area (Å²) in [5.41, 5.74) is 4.53. The van der Waals surface area contributed by atoms with E-state index < -0.39 is 11.9 Å². The van der Waals surface area contributed by atoms with Crippen molar-refractivity contribution in [2.24, 2.45) is 0 Å². The van der Waals surface area contributed by atoms with Gasteiger partial charge in [0.1, 0.15) is 17.6 Å². The first-order chi connectivity index (χ1) is 20.7. The van der Waals surface area contributed by atoms with Gasteiger partial charge in [-0.05, 0) is 74.0 Å². The molecule has 0 saturated carbocycles. The zero-order chi connectivity index (χ0) is 30.4. The summed E-state index contributed by atoms with van der Waals surface area (Å²) >= 11 is 12.4. The van der Waals surface area contributed by atoms with Crippen LogP contribution in [0.4, 0.5) is 10.1 Å². The van der Waals surface area contributed by atoms with Crippen LogP contribution in [0.3, 0.4) is 0 Å². The molecule has 1 saturated heterocycles. The molecule has 0 spiro atoms. The quantitative estimate of drug-likeness (QED) is 0.225. The number of halogens is 3. The Bertz CT molecular complexity index is 1710. The maximum atomic E-state index is 14.2. The Morgan fingerprint density at radius 2 is 1.70 bits per heavy atom. The molecular formula is C33H30Cl2FN3O4. The lowest BCUT2D eigenvalue weighted by molar-refractivity contribution is 0.0303. The average molecular weight is 623 g/mol. The molecule has 0 N–H and O–H groups in total. The van der Waals surface area contributed by atoms with Crippen molar-refractivity contribution in [2.75, 3.05) is 38.3 Å². The van der Waals surface area contributed by atoms with E-state index in [9.17, 15) is 14.0 Å². The Kier molecular flexibility index (Phi) is 7.94. The second kappa shape index (κ2) is 11.7. The summed E-state index contributed by atoms with van der Waals surface area (Å²) in [7, 11) is 1.58. The van der Waals surface area contributed by atoms with Gasteiger partial charge in [-0.2, -0.15) is 0 Å². The van der Waals surface area contributed by atoms with E-state index >= 15 is 0 Å². The maximum Gasteiger partial charge on any atom is 0.261 e. The SMILES string of the molecule is COc1ccc(C(=O)N2CCOCC2)cc1-c1cc2c(n1C(C)C)C(c1ccc(Cl)cc1)N(c1ccc(F)c(Cl)c1)C2=O. The molecule has 7 nitrogen and oxygen atoms in total. The molecule has 43 heavy (non-hydrogen) atoms. The van der Waals surface area contributed by atoms with Crippen LogP contribution >= 0.6 is 23.2 Å². The van der Waals surface area contributed by atoms with Gasteiger partial charge in [-0.1, -0.05) is 35.3 Å². The van der Waals surface area contributed by atoms with Crippen LogP contribution in [0.15, 0.2) is 66.7 Å². The molecule has 3 aromatic carbocycles. The number of hydrogen-bond acceptors (Lipinski definition) is 4. The van der Waals surface area contributed by atoms with E-state index in [1.54, 1.807) is 47.2 Å². The molecule has 0 bridgehead atoms. The van der Waals surface area contributed by atoms with Crippen LogP contribution in [-0.4, -0.2) is 54.7 Å². The average Bonchev–Trinajstić information content (AvgIpc) is 3.54. The number of methoxy groups -OCH3 is 1. The fourth-order valence-corrected chi connectivity index (χ4v) is 6.27. The Hall–Kier alpha value is -3.85. The molecule has 222 valence electrons. The van der Waals surface area contributed by atoms with Gasteiger partial charge in [-0.15, -0.1) is 0 Å². The summed E-state index contributed by atoms with van der Waals surface area (Å²) in [6.45, 7) is 6.14. The minimum atomic E-state index is -0.565. The number of anilines is 1. The van der Waals surface area contributed by atoms with Crippen LogP contribution in [0.25, 0.3) is 11.3 Å². The van der Waals surface area contributed by atoms with Gasteiger partial charge >= 0.3 is 0 Å². The molecule has 10 heteroatoms. The van der Waals surface area contributed by atoms with Crippen molar-refractivity contribution in [3.8, 4) is 17.0 Å². The number of amides is 2. The van der Waals surface area contributed by atoms with E-state index in [1.165, 1.54) is 12.1 Å². The highest BCUT2D eigenvalue weighted by Crippen LogP contribution is 2.47. The number of aromatic nitrogens is 1. The molecule has 2 aliphatic rings. The second-order valence-corrected chi connectivity index (χ2v) is 11.7. The van der Waals surface area contributed by atoms with E-state index in [1.807, 2.05) is 38.1 Å². The highest BCUT2D eigenvalue weighted by molar-refractivity contribution is 6.31. The van der Waals surface area contributed by atoms with Gasteiger partial charge in [-0.3, -0.25) is 14.5 Å². The Morgan fingerprint density at radius 1 is 0.977 bits per heavy atom. The summed E-state index contributed by atoms with van der Waals surface area (Å²) in [6.07, 6.45) is 0. The van der Waals surface area contributed by atoms with Crippen LogP contribution in [0, 0.1) is 5.82 Å². The number of ether oxygens (including phenoxy) is 2. The third kappa shape index (κ3) is 5.18. The molecule has 0 radical (unpaired) electrons. The molecule has 2 amide bonds. The normalized spacial score (nSPS) is 16.6. The molecule has 1 atom stereocenters.